The monoisotopic (exact) mass is 268 g/mol. The highest BCUT2D eigenvalue weighted by atomic mass is 16.3. The average molecular weight is 268 g/mol. The van der Waals surface area contributed by atoms with Crippen molar-refractivity contribution in [3.63, 3.8) is 0 Å². The van der Waals surface area contributed by atoms with E-state index in [9.17, 15) is 5.11 Å². The van der Waals surface area contributed by atoms with Gasteiger partial charge in [0.05, 0.1) is 0 Å². The molecule has 0 bridgehead atoms. The molecular weight excluding hydrogens is 248 g/mol. The van der Waals surface area contributed by atoms with Crippen LogP contribution in [0.1, 0.15) is 22.9 Å². The minimum Gasteiger partial charge on any atom is -0.508 e. The third-order valence-electron chi connectivity index (χ3n) is 4.02. The first kappa shape index (κ1) is 13.0. The van der Waals surface area contributed by atoms with Gasteiger partial charge in [-0.3, -0.25) is 4.90 Å². The Morgan fingerprint density at radius 1 is 1.05 bits per heavy atom. The standard InChI is InChI=1S/C17H20N2O/c1-12-4-6-13(7-5-12)17-18(2)11-14-10-15(20)8-9-16(14)19(17)3/h4-10,17,20H,11H2,1-3H3. The Kier molecular flexibility index (Phi) is 3.14. The van der Waals surface area contributed by atoms with Crippen LogP contribution in [-0.4, -0.2) is 24.1 Å². The van der Waals surface area contributed by atoms with Crippen LogP contribution in [0.3, 0.4) is 0 Å². The molecule has 104 valence electrons. The van der Waals surface area contributed by atoms with E-state index < -0.39 is 0 Å². The van der Waals surface area contributed by atoms with Crippen molar-refractivity contribution in [1.29, 1.82) is 0 Å². The number of phenols is 1. The number of hydrogen-bond acceptors (Lipinski definition) is 3. The molecule has 3 nitrogen and oxygen atoms in total. The van der Waals surface area contributed by atoms with Crippen molar-refractivity contribution in [1.82, 2.24) is 4.90 Å². The summed E-state index contributed by atoms with van der Waals surface area (Å²) in [6, 6.07) is 14.3. The molecule has 0 radical (unpaired) electrons. The van der Waals surface area contributed by atoms with Gasteiger partial charge < -0.3 is 10.0 Å². The zero-order valence-corrected chi connectivity index (χ0v) is 12.2. The van der Waals surface area contributed by atoms with E-state index in [2.05, 4.69) is 55.1 Å². The highest BCUT2D eigenvalue weighted by Crippen LogP contribution is 2.37. The lowest BCUT2D eigenvalue weighted by Crippen LogP contribution is -2.41. The normalized spacial score (nSPS) is 18.9. The lowest BCUT2D eigenvalue weighted by Gasteiger charge is -2.42. The van der Waals surface area contributed by atoms with Crippen molar-refractivity contribution in [2.75, 3.05) is 19.0 Å². The van der Waals surface area contributed by atoms with Crippen molar-refractivity contribution >= 4 is 5.69 Å². The summed E-state index contributed by atoms with van der Waals surface area (Å²) in [7, 11) is 4.23. The number of hydrogen-bond donors (Lipinski definition) is 1. The maximum Gasteiger partial charge on any atom is 0.116 e. The van der Waals surface area contributed by atoms with Crippen LogP contribution in [-0.2, 0) is 6.54 Å². The molecule has 0 saturated carbocycles. The number of fused-ring (bicyclic) bond motifs is 1. The zero-order chi connectivity index (χ0) is 14.3. The van der Waals surface area contributed by atoms with Gasteiger partial charge in [0.25, 0.3) is 0 Å². The number of anilines is 1. The summed E-state index contributed by atoms with van der Waals surface area (Å²) in [6.45, 7) is 2.95. The number of benzene rings is 2. The van der Waals surface area contributed by atoms with Crippen LogP contribution < -0.4 is 4.90 Å². The SMILES string of the molecule is Cc1ccc(C2N(C)Cc3cc(O)ccc3N2C)cc1. The summed E-state index contributed by atoms with van der Waals surface area (Å²) in [4.78, 5) is 4.56. The van der Waals surface area contributed by atoms with Crippen molar-refractivity contribution < 1.29 is 5.11 Å². The third-order valence-corrected chi connectivity index (χ3v) is 4.02. The first-order valence-electron chi connectivity index (χ1n) is 6.88. The second-order valence-corrected chi connectivity index (χ2v) is 5.62. The molecule has 1 heterocycles. The predicted molar refractivity (Wildman–Crippen MR) is 81.9 cm³/mol. The molecule has 0 fully saturated rings. The lowest BCUT2D eigenvalue weighted by molar-refractivity contribution is 0.220. The topological polar surface area (TPSA) is 26.7 Å². The highest BCUT2D eigenvalue weighted by Gasteiger charge is 2.28. The maximum absolute atomic E-state index is 9.64. The van der Waals surface area contributed by atoms with Gasteiger partial charge in [-0.25, -0.2) is 0 Å². The second-order valence-electron chi connectivity index (χ2n) is 5.62. The first-order chi connectivity index (χ1) is 9.56. The minimum atomic E-state index is 0.229. The van der Waals surface area contributed by atoms with Crippen LogP contribution in [0.4, 0.5) is 5.69 Å². The van der Waals surface area contributed by atoms with E-state index in [0.29, 0.717) is 5.75 Å². The molecule has 1 unspecified atom stereocenters. The van der Waals surface area contributed by atoms with Gasteiger partial charge in [0.15, 0.2) is 0 Å². The average Bonchev–Trinajstić information content (AvgIpc) is 2.40. The molecule has 0 amide bonds. The summed E-state index contributed by atoms with van der Waals surface area (Å²) in [5, 5.41) is 9.64. The van der Waals surface area contributed by atoms with Crippen LogP contribution in [0, 0.1) is 6.92 Å². The smallest absolute Gasteiger partial charge is 0.116 e. The fourth-order valence-electron chi connectivity index (χ4n) is 3.04. The largest absolute Gasteiger partial charge is 0.508 e. The van der Waals surface area contributed by atoms with E-state index in [-0.39, 0.29) is 6.17 Å². The Bertz CT molecular complexity index is 621. The minimum absolute atomic E-state index is 0.229. The fraction of sp³-hybridized carbons (Fsp3) is 0.294. The van der Waals surface area contributed by atoms with Crippen molar-refractivity contribution in [2.45, 2.75) is 19.6 Å². The predicted octanol–water partition coefficient (Wildman–Crippen LogP) is 3.28. The molecule has 0 aromatic heterocycles. The molecule has 1 atom stereocenters. The summed E-state index contributed by atoms with van der Waals surface area (Å²) in [6.07, 6.45) is 0.229. The quantitative estimate of drug-likeness (QED) is 0.860. The van der Waals surface area contributed by atoms with Crippen LogP contribution in [0.15, 0.2) is 42.5 Å². The van der Waals surface area contributed by atoms with Gasteiger partial charge in [0, 0.05) is 19.3 Å². The summed E-state index contributed by atoms with van der Waals surface area (Å²) in [5.74, 6) is 0.333. The van der Waals surface area contributed by atoms with E-state index in [4.69, 9.17) is 0 Å². The first-order valence-corrected chi connectivity index (χ1v) is 6.88. The molecule has 3 rings (SSSR count). The molecule has 1 N–H and O–H groups in total. The van der Waals surface area contributed by atoms with Gasteiger partial charge in [-0.1, -0.05) is 29.8 Å². The van der Waals surface area contributed by atoms with Gasteiger partial charge in [-0.05, 0) is 43.3 Å². The van der Waals surface area contributed by atoms with E-state index in [1.165, 1.54) is 22.4 Å². The number of nitrogens with zero attached hydrogens (tertiary/aromatic N) is 2. The van der Waals surface area contributed by atoms with Crippen molar-refractivity contribution in [2.24, 2.45) is 0 Å². The van der Waals surface area contributed by atoms with Gasteiger partial charge in [-0.2, -0.15) is 0 Å². The zero-order valence-electron chi connectivity index (χ0n) is 12.2. The Balaban J connectivity index is 2.01. The molecule has 2 aromatic carbocycles. The van der Waals surface area contributed by atoms with Gasteiger partial charge >= 0.3 is 0 Å². The molecule has 2 aromatic rings. The van der Waals surface area contributed by atoms with Gasteiger partial charge in [0.2, 0.25) is 0 Å². The maximum atomic E-state index is 9.64. The molecule has 0 aliphatic carbocycles. The Labute approximate surface area is 120 Å². The molecular formula is C17H20N2O. The molecule has 3 heteroatoms. The third kappa shape index (κ3) is 2.14. The van der Waals surface area contributed by atoms with Crippen LogP contribution in [0.25, 0.3) is 0 Å². The summed E-state index contributed by atoms with van der Waals surface area (Å²) in [5.41, 5.74) is 4.92. The van der Waals surface area contributed by atoms with Crippen LogP contribution in [0.5, 0.6) is 5.75 Å². The fourth-order valence-corrected chi connectivity index (χ4v) is 3.04. The van der Waals surface area contributed by atoms with Crippen molar-refractivity contribution in [3.8, 4) is 5.75 Å². The van der Waals surface area contributed by atoms with E-state index in [1.807, 2.05) is 12.1 Å². The summed E-state index contributed by atoms with van der Waals surface area (Å²) < 4.78 is 0. The van der Waals surface area contributed by atoms with Crippen LogP contribution in [0.2, 0.25) is 0 Å². The number of aryl methyl sites for hydroxylation is 1. The van der Waals surface area contributed by atoms with E-state index in [0.717, 1.165) is 6.54 Å². The summed E-state index contributed by atoms with van der Waals surface area (Å²) >= 11 is 0. The molecule has 20 heavy (non-hydrogen) atoms. The van der Waals surface area contributed by atoms with Gasteiger partial charge in [0.1, 0.15) is 11.9 Å². The molecule has 1 aliphatic rings. The second kappa shape index (κ2) is 4.84. The van der Waals surface area contributed by atoms with Crippen LogP contribution >= 0.6 is 0 Å². The van der Waals surface area contributed by atoms with E-state index >= 15 is 0 Å². The number of phenolic OH excluding ortho intramolecular Hbond substituents is 1. The van der Waals surface area contributed by atoms with Gasteiger partial charge in [-0.15, -0.1) is 0 Å². The van der Waals surface area contributed by atoms with Crippen molar-refractivity contribution in [3.05, 3.63) is 59.2 Å². The molecule has 1 aliphatic heterocycles. The highest BCUT2D eigenvalue weighted by molar-refractivity contribution is 5.58. The number of rotatable bonds is 1. The Morgan fingerprint density at radius 3 is 2.45 bits per heavy atom. The number of aromatic hydroxyl groups is 1. The van der Waals surface area contributed by atoms with E-state index in [1.54, 1.807) is 6.07 Å². The molecule has 0 spiro atoms. The lowest BCUT2D eigenvalue weighted by atomic mass is 10.0. The molecule has 0 saturated heterocycles. The Hall–Kier alpha value is -2.00. The Morgan fingerprint density at radius 2 is 1.75 bits per heavy atom.